The van der Waals surface area contributed by atoms with E-state index in [0.29, 0.717) is 6.04 Å². The number of nitrogens with zero attached hydrogens (tertiary/aromatic N) is 1. The first-order chi connectivity index (χ1) is 9.28. The first kappa shape index (κ1) is 13.9. The second kappa shape index (κ2) is 6.13. The van der Waals surface area contributed by atoms with Crippen LogP contribution in [0.3, 0.4) is 0 Å². The van der Waals surface area contributed by atoms with Crippen LogP contribution in [0, 0.1) is 17.8 Å². The summed E-state index contributed by atoms with van der Waals surface area (Å²) >= 11 is 0. The molecule has 5 atom stereocenters. The van der Waals surface area contributed by atoms with Crippen LogP contribution in [-0.2, 0) is 0 Å². The van der Waals surface area contributed by atoms with E-state index in [2.05, 4.69) is 11.8 Å². The molecule has 19 heavy (non-hydrogen) atoms. The van der Waals surface area contributed by atoms with Crippen molar-refractivity contribution in [2.24, 2.45) is 17.8 Å². The van der Waals surface area contributed by atoms with E-state index in [9.17, 15) is 5.11 Å². The van der Waals surface area contributed by atoms with Gasteiger partial charge in [-0.3, -0.25) is 4.90 Å². The lowest BCUT2D eigenvalue weighted by molar-refractivity contribution is -0.0317. The number of piperidine rings is 1. The molecule has 1 saturated heterocycles. The molecule has 2 heteroatoms. The summed E-state index contributed by atoms with van der Waals surface area (Å²) in [5, 5.41) is 10.4. The number of rotatable bonds is 2. The van der Waals surface area contributed by atoms with Crippen LogP contribution in [0.1, 0.15) is 64.7 Å². The number of hydrogen-bond donors (Lipinski definition) is 1. The Morgan fingerprint density at radius 3 is 2.58 bits per heavy atom. The topological polar surface area (TPSA) is 23.5 Å². The lowest BCUT2D eigenvalue weighted by atomic mass is 9.73. The maximum absolute atomic E-state index is 10.4. The summed E-state index contributed by atoms with van der Waals surface area (Å²) in [5.74, 6) is 2.81. The van der Waals surface area contributed by atoms with Crippen molar-refractivity contribution in [3.63, 3.8) is 0 Å². The average Bonchev–Trinajstić information content (AvgIpc) is 2.47. The van der Waals surface area contributed by atoms with Crippen molar-refractivity contribution in [3.8, 4) is 0 Å². The van der Waals surface area contributed by atoms with E-state index in [1.165, 1.54) is 64.5 Å². The molecule has 2 aliphatic carbocycles. The molecule has 3 aliphatic rings. The van der Waals surface area contributed by atoms with Gasteiger partial charge < -0.3 is 5.11 Å². The van der Waals surface area contributed by atoms with Gasteiger partial charge in [-0.05, 0) is 56.4 Å². The highest BCUT2D eigenvalue weighted by Crippen LogP contribution is 2.39. The van der Waals surface area contributed by atoms with Gasteiger partial charge in [0.1, 0.15) is 0 Å². The molecule has 3 fully saturated rings. The van der Waals surface area contributed by atoms with Gasteiger partial charge in [0, 0.05) is 12.6 Å². The zero-order chi connectivity index (χ0) is 13.2. The SMILES string of the molecule is CCC1CCC(O)C(N2CCC3CCCCC3C2)C1. The zero-order valence-electron chi connectivity index (χ0n) is 12.6. The van der Waals surface area contributed by atoms with Crippen molar-refractivity contribution in [1.82, 2.24) is 4.90 Å². The molecule has 1 aliphatic heterocycles. The minimum Gasteiger partial charge on any atom is -0.391 e. The van der Waals surface area contributed by atoms with Gasteiger partial charge in [-0.15, -0.1) is 0 Å². The Kier molecular flexibility index (Phi) is 4.48. The lowest BCUT2D eigenvalue weighted by Gasteiger charge is -2.47. The normalized spacial score (nSPS) is 44.8. The van der Waals surface area contributed by atoms with E-state index in [-0.39, 0.29) is 6.10 Å². The van der Waals surface area contributed by atoms with Gasteiger partial charge in [-0.25, -0.2) is 0 Å². The third-order valence-electron chi connectivity index (χ3n) is 6.26. The van der Waals surface area contributed by atoms with E-state index in [1.54, 1.807) is 0 Å². The maximum atomic E-state index is 10.4. The molecule has 3 rings (SSSR count). The summed E-state index contributed by atoms with van der Waals surface area (Å²) in [7, 11) is 0. The molecule has 2 saturated carbocycles. The predicted octanol–water partition coefficient (Wildman–Crippen LogP) is 3.44. The van der Waals surface area contributed by atoms with E-state index in [1.807, 2.05) is 0 Å². The molecule has 0 spiro atoms. The molecular weight excluding hydrogens is 234 g/mol. The Morgan fingerprint density at radius 1 is 1.00 bits per heavy atom. The van der Waals surface area contributed by atoms with Crippen LogP contribution in [0.15, 0.2) is 0 Å². The molecule has 110 valence electrons. The molecule has 0 radical (unpaired) electrons. The first-order valence-electron chi connectivity index (χ1n) is 8.70. The van der Waals surface area contributed by atoms with E-state index >= 15 is 0 Å². The van der Waals surface area contributed by atoms with Gasteiger partial charge in [0.15, 0.2) is 0 Å². The minimum absolute atomic E-state index is 0.0528. The van der Waals surface area contributed by atoms with Crippen molar-refractivity contribution < 1.29 is 5.11 Å². The average molecular weight is 265 g/mol. The van der Waals surface area contributed by atoms with E-state index in [0.717, 1.165) is 24.2 Å². The third-order valence-corrected chi connectivity index (χ3v) is 6.26. The molecule has 2 nitrogen and oxygen atoms in total. The fourth-order valence-corrected chi connectivity index (χ4v) is 4.91. The fraction of sp³-hybridized carbons (Fsp3) is 1.00. The molecule has 0 aromatic rings. The number of likely N-dealkylation sites (tertiary alicyclic amines) is 1. The molecule has 0 bridgehead atoms. The van der Waals surface area contributed by atoms with E-state index in [4.69, 9.17) is 0 Å². The quantitative estimate of drug-likeness (QED) is 0.827. The van der Waals surface area contributed by atoms with Gasteiger partial charge >= 0.3 is 0 Å². The number of aliphatic hydroxyl groups is 1. The van der Waals surface area contributed by atoms with Gasteiger partial charge in [0.25, 0.3) is 0 Å². The van der Waals surface area contributed by atoms with Crippen molar-refractivity contribution in [3.05, 3.63) is 0 Å². The van der Waals surface area contributed by atoms with Crippen LogP contribution in [0.4, 0.5) is 0 Å². The predicted molar refractivity (Wildman–Crippen MR) is 79.1 cm³/mol. The van der Waals surface area contributed by atoms with Gasteiger partial charge in [-0.2, -0.15) is 0 Å². The third kappa shape index (κ3) is 3.00. The fourth-order valence-electron chi connectivity index (χ4n) is 4.91. The summed E-state index contributed by atoms with van der Waals surface area (Å²) in [5.41, 5.74) is 0. The molecule has 0 aromatic carbocycles. The molecule has 1 heterocycles. The van der Waals surface area contributed by atoms with Crippen LogP contribution in [0.2, 0.25) is 0 Å². The Balaban J connectivity index is 1.61. The van der Waals surface area contributed by atoms with Crippen LogP contribution in [-0.4, -0.2) is 35.2 Å². The van der Waals surface area contributed by atoms with E-state index < -0.39 is 0 Å². The van der Waals surface area contributed by atoms with Gasteiger partial charge in [0.05, 0.1) is 6.10 Å². The minimum atomic E-state index is -0.0528. The highest BCUT2D eigenvalue weighted by molar-refractivity contribution is 4.91. The van der Waals surface area contributed by atoms with Crippen molar-refractivity contribution in [1.29, 1.82) is 0 Å². The Bertz CT molecular complexity index is 293. The van der Waals surface area contributed by atoms with Crippen LogP contribution < -0.4 is 0 Å². The summed E-state index contributed by atoms with van der Waals surface area (Å²) in [6.45, 7) is 4.84. The standard InChI is InChI=1S/C17H31NO/c1-2-13-7-8-17(19)16(11-13)18-10-9-14-5-3-4-6-15(14)12-18/h13-17,19H,2-12H2,1H3. The molecular formula is C17H31NO. The largest absolute Gasteiger partial charge is 0.391 e. The number of aliphatic hydroxyl groups excluding tert-OH is 1. The van der Waals surface area contributed by atoms with Crippen molar-refractivity contribution in [2.45, 2.75) is 76.9 Å². The lowest BCUT2D eigenvalue weighted by Crippen LogP contribution is -2.53. The van der Waals surface area contributed by atoms with Gasteiger partial charge in [0.2, 0.25) is 0 Å². The summed E-state index contributed by atoms with van der Waals surface area (Å²) in [6, 6.07) is 0.474. The molecule has 0 amide bonds. The van der Waals surface area contributed by atoms with Crippen molar-refractivity contribution in [2.75, 3.05) is 13.1 Å². The summed E-state index contributed by atoms with van der Waals surface area (Å²) in [4.78, 5) is 2.67. The Hall–Kier alpha value is -0.0800. The van der Waals surface area contributed by atoms with Crippen molar-refractivity contribution >= 4 is 0 Å². The summed E-state index contributed by atoms with van der Waals surface area (Å²) < 4.78 is 0. The highest BCUT2D eigenvalue weighted by atomic mass is 16.3. The second-order valence-corrected chi connectivity index (χ2v) is 7.31. The number of fused-ring (bicyclic) bond motifs is 1. The maximum Gasteiger partial charge on any atom is 0.0695 e. The monoisotopic (exact) mass is 265 g/mol. The van der Waals surface area contributed by atoms with Crippen LogP contribution in [0.5, 0.6) is 0 Å². The van der Waals surface area contributed by atoms with Crippen LogP contribution in [0.25, 0.3) is 0 Å². The number of hydrogen-bond acceptors (Lipinski definition) is 2. The molecule has 5 unspecified atom stereocenters. The van der Waals surface area contributed by atoms with Gasteiger partial charge in [-0.1, -0.05) is 32.6 Å². The van der Waals surface area contributed by atoms with Crippen LogP contribution >= 0.6 is 0 Å². The molecule has 0 aromatic heterocycles. The second-order valence-electron chi connectivity index (χ2n) is 7.31. The molecule has 1 N–H and O–H groups in total. The summed E-state index contributed by atoms with van der Waals surface area (Å²) in [6.07, 6.45) is 12.0. The first-order valence-corrected chi connectivity index (χ1v) is 8.70. The smallest absolute Gasteiger partial charge is 0.0695 e. The highest BCUT2D eigenvalue weighted by Gasteiger charge is 2.38. The Labute approximate surface area is 118 Å². The Morgan fingerprint density at radius 2 is 1.79 bits per heavy atom. The zero-order valence-corrected chi connectivity index (χ0v) is 12.6.